The Morgan fingerprint density at radius 2 is 1.84 bits per heavy atom. The standard InChI is InChI=1S/C23H21Cl2N3O3/c1-4-31-23(30)20-12-21(18-10-7-16(24)11-19(18)25)28(27-20)17-8-5-15(6-9-17)22(29)26-13-14(2)3/h5-12H,2,4,13H2,1,3H3,(H,26,29). The van der Waals surface area contributed by atoms with Crippen LogP contribution in [0.5, 0.6) is 0 Å². The second-order valence-corrected chi connectivity index (χ2v) is 7.70. The van der Waals surface area contributed by atoms with Gasteiger partial charge < -0.3 is 10.1 Å². The topological polar surface area (TPSA) is 73.2 Å². The summed E-state index contributed by atoms with van der Waals surface area (Å²) in [5, 5.41) is 8.11. The van der Waals surface area contributed by atoms with Gasteiger partial charge in [0.2, 0.25) is 0 Å². The molecule has 31 heavy (non-hydrogen) atoms. The van der Waals surface area contributed by atoms with Crippen LogP contribution in [0.4, 0.5) is 0 Å². The molecule has 3 aromatic rings. The molecule has 1 amide bonds. The van der Waals surface area contributed by atoms with Gasteiger partial charge in [-0.25, -0.2) is 9.48 Å². The Morgan fingerprint density at radius 3 is 2.45 bits per heavy atom. The summed E-state index contributed by atoms with van der Waals surface area (Å²) in [5.41, 5.74) is 3.38. The Morgan fingerprint density at radius 1 is 1.13 bits per heavy atom. The quantitative estimate of drug-likeness (QED) is 0.384. The Kier molecular flexibility index (Phi) is 7.15. The first-order chi connectivity index (χ1) is 14.8. The van der Waals surface area contributed by atoms with Crippen molar-refractivity contribution in [3.63, 3.8) is 0 Å². The number of nitrogens with zero attached hydrogens (tertiary/aromatic N) is 2. The fraction of sp³-hybridized carbons (Fsp3) is 0.174. The van der Waals surface area contributed by atoms with Crippen molar-refractivity contribution >= 4 is 35.1 Å². The van der Waals surface area contributed by atoms with Crippen molar-refractivity contribution < 1.29 is 14.3 Å². The molecule has 2 aromatic carbocycles. The van der Waals surface area contributed by atoms with E-state index in [1.165, 1.54) is 0 Å². The van der Waals surface area contributed by atoms with Crippen LogP contribution in [0.25, 0.3) is 16.9 Å². The molecule has 6 nitrogen and oxygen atoms in total. The molecule has 0 saturated carbocycles. The number of nitrogens with one attached hydrogen (secondary N) is 1. The van der Waals surface area contributed by atoms with Gasteiger partial charge in [-0.2, -0.15) is 5.10 Å². The van der Waals surface area contributed by atoms with E-state index in [2.05, 4.69) is 17.0 Å². The molecule has 0 aliphatic carbocycles. The van der Waals surface area contributed by atoms with Gasteiger partial charge in [-0.05, 0) is 62.4 Å². The summed E-state index contributed by atoms with van der Waals surface area (Å²) in [7, 11) is 0. The minimum Gasteiger partial charge on any atom is -0.461 e. The highest BCUT2D eigenvalue weighted by atomic mass is 35.5. The van der Waals surface area contributed by atoms with E-state index < -0.39 is 5.97 Å². The van der Waals surface area contributed by atoms with E-state index in [9.17, 15) is 9.59 Å². The van der Waals surface area contributed by atoms with Gasteiger partial charge in [-0.3, -0.25) is 4.79 Å². The van der Waals surface area contributed by atoms with E-state index in [1.54, 1.807) is 60.1 Å². The Hall–Kier alpha value is -3.09. The number of carbonyl (C=O) groups is 2. The number of aromatic nitrogens is 2. The lowest BCUT2D eigenvalue weighted by Crippen LogP contribution is -2.24. The number of amides is 1. The highest BCUT2D eigenvalue weighted by Crippen LogP contribution is 2.32. The van der Waals surface area contributed by atoms with E-state index in [0.717, 1.165) is 5.57 Å². The lowest BCUT2D eigenvalue weighted by Gasteiger charge is -2.10. The van der Waals surface area contributed by atoms with E-state index in [4.69, 9.17) is 27.9 Å². The van der Waals surface area contributed by atoms with Gasteiger partial charge in [0.1, 0.15) is 0 Å². The molecule has 1 heterocycles. The molecule has 160 valence electrons. The molecular formula is C23H21Cl2N3O3. The van der Waals surface area contributed by atoms with Crippen LogP contribution < -0.4 is 5.32 Å². The highest BCUT2D eigenvalue weighted by Gasteiger charge is 2.19. The lowest BCUT2D eigenvalue weighted by atomic mass is 10.1. The molecule has 1 aromatic heterocycles. The largest absolute Gasteiger partial charge is 0.461 e. The first kappa shape index (κ1) is 22.6. The zero-order chi connectivity index (χ0) is 22.5. The van der Waals surface area contributed by atoms with Crippen LogP contribution in [0.1, 0.15) is 34.7 Å². The normalized spacial score (nSPS) is 10.6. The number of rotatable bonds is 7. The molecule has 0 aliphatic rings. The zero-order valence-corrected chi connectivity index (χ0v) is 18.6. The number of hydrogen-bond acceptors (Lipinski definition) is 4. The second kappa shape index (κ2) is 9.81. The van der Waals surface area contributed by atoms with Gasteiger partial charge in [0, 0.05) is 22.7 Å². The molecule has 0 atom stereocenters. The maximum Gasteiger partial charge on any atom is 0.358 e. The van der Waals surface area contributed by atoms with E-state index >= 15 is 0 Å². The van der Waals surface area contributed by atoms with Gasteiger partial charge >= 0.3 is 5.97 Å². The average molecular weight is 458 g/mol. The first-order valence-electron chi connectivity index (χ1n) is 9.55. The summed E-state index contributed by atoms with van der Waals surface area (Å²) in [4.78, 5) is 24.5. The van der Waals surface area contributed by atoms with Crippen LogP contribution in [0.15, 0.2) is 60.7 Å². The predicted molar refractivity (Wildman–Crippen MR) is 122 cm³/mol. The number of carbonyl (C=O) groups excluding carboxylic acids is 2. The average Bonchev–Trinajstić information content (AvgIpc) is 3.17. The summed E-state index contributed by atoms with van der Waals surface area (Å²) in [6.07, 6.45) is 0. The van der Waals surface area contributed by atoms with Crippen LogP contribution in [0, 0.1) is 0 Å². The fourth-order valence-electron chi connectivity index (χ4n) is 2.86. The third-order valence-electron chi connectivity index (χ3n) is 4.33. The van der Waals surface area contributed by atoms with Crippen molar-refractivity contribution in [2.45, 2.75) is 13.8 Å². The fourth-order valence-corrected chi connectivity index (χ4v) is 3.36. The number of esters is 1. The van der Waals surface area contributed by atoms with Crippen LogP contribution in [-0.2, 0) is 4.74 Å². The summed E-state index contributed by atoms with van der Waals surface area (Å²) in [5.74, 6) is -0.744. The van der Waals surface area contributed by atoms with Crippen LogP contribution in [0.2, 0.25) is 10.0 Å². The molecule has 0 saturated heterocycles. The molecular weight excluding hydrogens is 437 g/mol. The Balaban J connectivity index is 2.02. The number of benzene rings is 2. The van der Waals surface area contributed by atoms with Gasteiger partial charge in [0.25, 0.3) is 5.91 Å². The predicted octanol–water partition coefficient (Wildman–Crippen LogP) is 5.33. The first-order valence-corrected chi connectivity index (χ1v) is 10.3. The number of hydrogen-bond donors (Lipinski definition) is 1. The Bertz CT molecular complexity index is 1140. The smallest absolute Gasteiger partial charge is 0.358 e. The van der Waals surface area contributed by atoms with Crippen molar-refractivity contribution in [3.05, 3.63) is 82.0 Å². The summed E-state index contributed by atoms with van der Waals surface area (Å²) < 4.78 is 6.67. The Labute approximate surface area is 190 Å². The van der Waals surface area contributed by atoms with Crippen molar-refractivity contribution in [2.24, 2.45) is 0 Å². The van der Waals surface area contributed by atoms with Crippen molar-refractivity contribution in [1.29, 1.82) is 0 Å². The van der Waals surface area contributed by atoms with Crippen LogP contribution >= 0.6 is 23.2 Å². The summed E-state index contributed by atoms with van der Waals surface area (Å²) >= 11 is 12.4. The molecule has 0 bridgehead atoms. The monoisotopic (exact) mass is 457 g/mol. The van der Waals surface area contributed by atoms with E-state index in [1.807, 2.05) is 6.92 Å². The minimum absolute atomic E-state index is 0.145. The van der Waals surface area contributed by atoms with Gasteiger partial charge in [-0.15, -0.1) is 0 Å². The highest BCUT2D eigenvalue weighted by molar-refractivity contribution is 6.36. The zero-order valence-electron chi connectivity index (χ0n) is 17.1. The maximum absolute atomic E-state index is 12.3. The van der Waals surface area contributed by atoms with Crippen LogP contribution in [0.3, 0.4) is 0 Å². The minimum atomic E-state index is -0.539. The number of halogens is 2. The summed E-state index contributed by atoms with van der Waals surface area (Å²) in [6.45, 7) is 7.97. The molecule has 3 rings (SSSR count). The molecule has 1 N–H and O–H groups in total. The molecule has 8 heteroatoms. The van der Waals surface area contributed by atoms with Gasteiger partial charge in [0.15, 0.2) is 5.69 Å². The maximum atomic E-state index is 12.3. The molecule has 0 radical (unpaired) electrons. The van der Waals surface area contributed by atoms with Crippen molar-refractivity contribution in [2.75, 3.05) is 13.2 Å². The third kappa shape index (κ3) is 5.34. The van der Waals surface area contributed by atoms with Gasteiger partial charge in [0.05, 0.1) is 23.0 Å². The third-order valence-corrected chi connectivity index (χ3v) is 4.87. The molecule has 0 fully saturated rings. The van der Waals surface area contributed by atoms with Gasteiger partial charge in [-0.1, -0.05) is 35.4 Å². The van der Waals surface area contributed by atoms with E-state index in [-0.39, 0.29) is 18.2 Å². The molecule has 0 unspecified atom stereocenters. The summed E-state index contributed by atoms with van der Waals surface area (Å²) in [6, 6.07) is 13.5. The second-order valence-electron chi connectivity index (χ2n) is 6.86. The molecule has 0 aliphatic heterocycles. The molecule has 0 spiro atoms. The van der Waals surface area contributed by atoms with Crippen molar-refractivity contribution in [1.82, 2.24) is 15.1 Å². The lowest BCUT2D eigenvalue weighted by molar-refractivity contribution is 0.0519. The van der Waals surface area contributed by atoms with E-state index in [0.29, 0.717) is 39.1 Å². The van der Waals surface area contributed by atoms with Crippen LogP contribution in [-0.4, -0.2) is 34.8 Å². The SMILES string of the molecule is C=C(C)CNC(=O)c1ccc(-n2nc(C(=O)OCC)cc2-c2ccc(Cl)cc2Cl)cc1. The van der Waals surface area contributed by atoms with Crippen molar-refractivity contribution in [3.8, 4) is 16.9 Å². The number of ether oxygens (including phenoxy) is 1.